The van der Waals surface area contributed by atoms with Crippen molar-refractivity contribution in [3.05, 3.63) is 12.2 Å². The molecule has 0 heterocycles. The Morgan fingerprint density at radius 1 is 1.45 bits per heavy atom. The normalized spacial score (nSPS) is 38.6. The van der Waals surface area contributed by atoms with E-state index in [0.29, 0.717) is 24.3 Å². The van der Waals surface area contributed by atoms with Gasteiger partial charge in [0.2, 0.25) is 0 Å². The van der Waals surface area contributed by atoms with Crippen LogP contribution in [-0.2, 0) is 0 Å². The van der Waals surface area contributed by atoms with Crippen molar-refractivity contribution in [1.82, 2.24) is 0 Å². The van der Waals surface area contributed by atoms with Crippen LogP contribution in [0.15, 0.2) is 12.2 Å². The number of alkyl halides is 1. The Balaban J connectivity index is 2.55. The smallest absolute Gasteiger partial charge is 0.131 e. The second kappa shape index (κ2) is 2.96. The first-order chi connectivity index (χ1) is 5.04. The molecule has 1 saturated carbocycles. The molecule has 1 fully saturated rings. The first-order valence-corrected chi connectivity index (χ1v) is 4.39. The van der Waals surface area contributed by atoms with Crippen molar-refractivity contribution in [3.8, 4) is 0 Å². The van der Waals surface area contributed by atoms with Gasteiger partial charge in [-0.2, -0.15) is 0 Å². The molecule has 0 nitrogen and oxygen atoms in total. The summed E-state index contributed by atoms with van der Waals surface area (Å²) < 4.78 is 13.8. The highest BCUT2D eigenvalue weighted by Gasteiger charge is 2.34. The second-order valence-electron chi connectivity index (χ2n) is 3.93. The van der Waals surface area contributed by atoms with Gasteiger partial charge in [0.1, 0.15) is 5.67 Å². The largest absolute Gasteiger partial charge is 0.239 e. The van der Waals surface area contributed by atoms with Gasteiger partial charge < -0.3 is 0 Å². The molecule has 1 aliphatic rings. The van der Waals surface area contributed by atoms with Crippen LogP contribution >= 0.6 is 0 Å². The van der Waals surface area contributed by atoms with Crippen LogP contribution in [0.5, 0.6) is 0 Å². The van der Waals surface area contributed by atoms with Crippen LogP contribution in [-0.4, -0.2) is 5.67 Å². The fourth-order valence-corrected chi connectivity index (χ4v) is 1.65. The molecule has 0 amide bonds. The van der Waals surface area contributed by atoms with Gasteiger partial charge in [-0.1, -0.05) is 13.5 Å². The van der Waals surface area contributed by atoms with Gasteiger partial charge in [0.05, 0.1) is 0 Å². The molecule has 11 heavy (non-hydrogen) atoms. The van der Waals surface area contributed by atoms with E-state index in [4.69, 9.17) is 0 Å². The lowest BCUT2D eigenvalue weighted by Gasteiger charge is -2.32. The summed E-state index contributed by atoms with van der Waals surface area (Å²) in [5.74, 6) is 0.707. The quantitative estimate of drug-likeness (QED) is 0.510. The summed E-state index contributed by atoms with van der Waals surface area (Å²) in [4.78, 5) is 0. The molecule has 0 radical (unpaired) electrons. The highest BCUT2D eigenvalue weighted by atomic mass is 19.1. The van der Waals surface area contributed by atoms with Crippen molar-refractivity contribution in [2.75, 3.05) is 0 Å². The average molecular weight is 156 g/mol. The maximum Gasteiger partial charge on any atom is 0.131 e. The van der Waals surface area contributed by atoms with Gasteiger partial charge >= 0.3 is 0 Å². The zero-order valence-electron chi connectivity index (χ0n) is 7.49. The van der Waals surface area contributed by atoms with Crippen LogP contribution in [0.1, 0.15) is 39.5 Å². The Bertz CT molecular complexity index is 152. The molecule has 1 aliphatic carbocycles. The summed E-state index contributed by atoms with van der Waals surface area (Å²) in [5.41, 5.74) is -0.323. The molecule has 0 aliphatic heterocycles. The van der Waals surface area contributed by atoms with E-state index in [1.807, 2.05) is 0 Å². The van der Waals surface area contributed by atoms with Crippen LogP contribution in [0.25, 0.3) is 0 Å². The van der Waals surface area contributed by atoms with Gasteiger partial charge in [0.25, 0.3) is 0 Å². The number of rotatable bonds is 1. The van der Waals surface area contributed by atoms with E-state index in [1.54, 1.807) is 6.92 Å². The molecular weight excluding hydrogens is 139 g/mol. The minimum Gasteiger partial charge on any atom is -0.239 e. The Hall–Kier alpha value is -0.330. The maximum absolute atomic E-state index is 13.8. The van der Waals surface area contributed by atoms with Gasteiger partial charge in [-0.3, -0.25) is 0 Å². The zero-order chi connectivity index (χ0) is 8.48. The van der Waals surface area contributed by atoms with Gasteiger partial charge in [0.15, 0.2) is 0 Å². The third kappa shape index (κ3) is 1.82. The lowest BCUT2D eigenvalue weighted by molar-refractivity contribution is 0.126. The van der Waals surface area contributed by atoms with Crippen LogP contribution in [0.3, 0.4) is 0 Å². The number of hydrogen-bond donors (Lipinski definition) is 0. The minimum atomic E-state index is -1.04. The molecule has 64 valence electrons. The summed E-state index contributed by atoms with van der Waals surface area (Å²) in [6.07, 6.45) is 3.40. The lowest BCUT2D eigenvalue weighted by atomic mass is 9.78. The van der Waals surface area contributed by atoms with Crippen molar-refractivity contribution < 1.29 is 4.39 Å². The predicted octanol–water partition coefficient (Wildman–Crippen LogP) is 3.48. The summed E-state index contributed by atoms with van der Waals surface area (Å²) in [5, 5.41) is 0. The van der Waals surface area contributed by atoms with E-state index in [9.17, 15) is 4.39 Å². The average Bonchev–Trinajstić information content (AvgIpc) is 1.95. The lowest BCUT2D eigenvalue weighted by Crippen LogP contribution is -2.29. The van der Waals surface area contributed by atoms with Crippen molar-refractivity contribution in [3.63, 3.8) is 0 Å². The molecule has 0 aromatic carbocycles. The number of allylic oxidation sites excluding steroid dienone is 1. The van der Waals surface area contributed by atoms with Gasteiger partial charge in [-0.05, 0) is 44.1 Å². The van der Waals surface area contributed by atoms with Crippen LogP contribution < -0.4 is 0 Å². The SMILES string of the molecule is C=C(C)C1(F)CCC(C)CC1. The van der Waals surface area contributed by atoms with Crippen LogP contribution in [0.4, 0.5) is 4.39 Å². The zero-order valence-corrected chi connectivity index (χ0v) is 7.49. The molecule has 1 rings (SSSR count). The van der Waals surface area contributed by atoms with Crippen molar-refractivity contribution in [2.45, 2.75) is 45.2 Å². The van der Waals surface area contributed by atoms with E-state index >= 15 is 0 Å². The monoisotopic (exact) mass is 156 g/mol. The Morgan fingerprint density at radius 2 is 1.91 bits per heavy atom. The fourth-order valence-electron chi connectivity index (χ4n) is 1.65. The van der Waals surface area contributed by atoms with Gasteiger partial charge in [-0.25, -0.2) is 4.39 Å². The summed E-state index contributed by atoms with van der Waals surface area (Å²) in [6, 6.07) is 0. The summed E-state index contributed by atoms with van der Waals surface area (Å²) in [6.45, 7) is 7.69. The highest BCUT2D eigenvalue weighted by Crippen LogP contribution is 2.38. The number of halogens is 1. The molecule has 0 aromatic rings. The standard InChI is InChI=1S/C10H17F/c1-8(2)10(11)6-4-9(3)5-7-10/h9H,1,4-7H2,2-3H3. The van der Waals surface area contributed by atoms with Crippen LogP contribution in [0.2, 0.25) is 0 Å². The molecule has 0 atom stereocenters. The maximum atomic E-state index is 13.8. The fraction of sp³-hybridized carbons (Fsp3) is 0.800. The predicted molar refractivity (Wildman–Crippen MR) is 46.3 cm³/mol. The van der Waals surface area contributed by atoms with Crippen molar-refractivity contribution in [1.29, 1.82) is 0 Å². The first kappa shape index (κ1) is 8.76. The molecule has 0 aromatic heterocycles. The Morgan fingerprint density at radius 3 is 2.27 bits per heavy atom. The molecule has 0 bridgehead atoms. The topological polar surface area (TPSA) is 0 Å². The molecule has 0 spiro atoms. The van der Waals surface area contributed by atoms with E-state index in [2.05, 4.69) is 13.5 Å². The van der Waals surface area contributed by atoms with E-state index in [0.717, 1.165) is 12.8 Å². The molecule has 0 unspecified atom stereocenters. The Kier molecular flexibility index (Phi) is 2.36. The van der Waals surface area contributed by atoms with E-state index in [-0.39, 0.29) is 0 Å². The second-order valence-corrected chi connectivity index (χ2v) is 3.93. The minimum absolute atomic E-state index is 0.684. The first-order valence-electron chi connectivity index (χ1n) is 4.39. The number of hydrogen-bond acceptors (Lipinski definition) is 0. The molecule has 0 saturated heterocycles. The summed E-state index contributed by atoms with van der Waals surface area (Å²) in [7, 11) is 0. The van der Waals surface area contributed by atoms with E-state index in [1.165, 1.54) is 0 Å². The van der Waals surface area contributed by atoms with Gasteiger partial charge in [0, 0.05) is 0 Å². The third-order valence-corrected chi connectivity index (χ3v) is 2.83. The van der Waals surface area contributed by atoms with Gasteiger partial charge in [-0.15, -0.1) is 0 Å². The van der Waals surface area contributed by atoms with Crippen molar-refractivity contribution >= 4 is 0 Å². The molecular formula is C10H17F. The molecule has 1 heteroatoms. The molecule has 0 N–H and O–H groups in total. The Labute approximate surface area is 68.5 Å². The van der Waals surface area contributed by atoms with E-state index < -0.39 is 5.67 Å². The van der Waals surface area contributed by atoms with Crippen molar-refractivity contribution in [2.24, 2.45) is 5.92 Å². The third-order valence-electron chi connectivity index (χ3n) is 2.83. The summed E-state index contributed by atoms with van der Waals surface area (Å²) >= 11 is 0. The highest BCUT2D eigenvalue weighted by molar-refractivity contribution is 5.10. The van der Waals surface area contributed by atoms with Crippen LogP contribution in [0, 0.1) is 5.92 Å².